The maximum Gasteiger partial charge on any atom is 0.317 e. The summed E-state index contributed by atoms with van der Waals surface area (Å²) in [6, 6.07) is -0.107. The molecule has 8 nitrogen and oxygen atoms in total. The fraction of sp³-hybridized carbons (Fsp3) is 0.688. The molecular weight excluding hydrogens is 310 g/mol. The molecule has 0 radical (unpaired) electrons. The molecule has 0 spiro atoms. The molecule has 2 fully saturated rings. The van der Waals surface area contributed by atoms with Gasteiger partial charge in [-0.3, -0.25) is 4.79 Å². The molecule has 3 amide bonds. The van der Waals surface area contributed by atoms with Crippen molar-refractivity contribution in [1.82, 2.24) is 24.7 Å². The molecule has 1 aromatic heterocycles. The molecule has 1 atom stereocenters. The van der Waals surface area contributed by atoms with Crippen molar-refractivity contribution < 1.29 is 14.3 Å². The zero-order valence-electron chi connectivity index (χ0n) is 14.1. The zero-order valence-corrected chi connectivity index (χ0v) is 14.1. The number of hydrogen-bond acceptors (Lipinski definition) is 4. The van der Waals surface area contributed by atoms with E-state index in [1.807, 2.05) is 22.7 Å². The maximum atomic E-state index is 12.4. The van der Waals surface area contributed by atoms with Gasteiger partial charge in [0.15, 0.2) is 0 Å². The molecule has 3 heterocycles. The number of urea groups is 1. The molecule has 0 unspecified atom stereocenters. The van der Waals surface area contributed by atoms with Gasteiger partial charge in [0.05, 0.1) is 6.54 Å². The Kier molecular flexibility index (Phi) is 5.34. The van der Waals surface area contributed by atoms with Crippen molar-refractivity contribution >= 4 is 11.9 Å². The van der Waals surface area contributed by atoms with E-state index in [9.17, 15) is 9.59 Å². The van der Waals surface area contributed by atoms with Crippen molar-refractivity contribution in [2.75, 3.05) is 32.8 Å². The lowest BCUT2D eigenvalue weighted by Crippen LogP contribution is -2.44. The number of rotatable bonds is 3. The monoisotopic (exact) mass is 335 g/mol. The smallest absolute Gasteiger partial charge is 0.317 e. The van der Waals surface area contributed by atoms with E-state index in [0.29, 0.717) is 39.3 Å². The first-order valence-corrected chi connectivity index (χ1v) is 8.54. The number of amides is 3. The summed E-state index contributed by atoms with van der Waals surface area (Å²) in [6.45, 7) is 3.52. The van der Waals surface area contributed by atoms with Gasteiger partial charge in [-0.2, -0.15) is 0 Å². The summed E-state index contributed by atoms with van der Waals surface area (Å²) in [4.78, 5) is 32.6. The highest BCUT2D eigenvalue weighted by molar-refractivity contribution is 5.81. The van der Waals surface area contributed by atoms with Gasteiger partial charge in [0.2, 0.25) is 0 Å². The molecule has 2 aliphatic rings. The molecular formula is C16H25N5O3. The third-order valence-electron chi connectivity index (χ3n) is 4.62. The first-order chi connectivity index (χ1) is 11.6. The summed E-state index contributed by atoms with van der Waals surface area (Å²) in [5, 5.41) is 2.90. The number of ether oxygens (including phenoxy) is 1. The second kappa shape index (κ2) is 7.65. The number of hydrogen-bond donors (Lipinski definition) is 1. The van der Waals surface area contributed by atoms with E-state index in [1.165, 1.54) is 0 Å². The lowest BCUT2D eigenvalue weighted by Gasteiger charge is -2.24. The Morgan fingerprint density at radius 2 is 2.04 bits per heavy atom. The molecule has 0 aromatic carbocycles. The quantitative estimate of drug-likeness (QED) is 0.864. The van der Waals surface area contributed by atoms with Gasteiger partial charge in [0.1, 0.15) is 11.9 Å². The average molecular weight is 335 g/mol. The second-order valence-corrected chi connectivity index (χ2v) is 6.28. The summed E-state index contributed by atoms with van der Waals surface area (Å²) < 4.78 is 7.36. The topological polar surface area (TPSA) is 79.7 Å². The van der Waals surface area contributed by atoms with Gasteiger partial charge < -0.3 is 24.4 Å². The largest absolute Gasteiger partial charge is 0.368 e. The molecule has 24 heavy (non-hydrogen) atoms. The lowest BCUT2D eigenvalue weighted by atomic mass is 10.2. The molecule has 0 saturated carbocycles. The highest BCUT2D eigenvalue weighted by atomic mass is 16.5. The van der Waals surface area contributed by atoms with Crippen molar-refractivity contribution in [2.45, 2.75) is 31.9 Å². The third kappa shape index (κ3) is 3.87. The van der Waals surface area contributed by atoms with E-state index >= 15 is 0 Å². The molecule has 2 aliphatic heterocycles. The first-order valence-electron chi connectivity index (χ1n) is 8.54. The number of carbonyl (C=O) groups is 2. The van der Waals surface area contributed by atoms with Crippen molar-refractivity contribution in [3.63, 3.8) is 0 Å². The van der Waals surface area contributed by atoms with Gasteiger partial charge in [0, 0.05) is 52.2 Å². The van der Waals surface area contributed by atoms with E-state index in [0.717, 1.165) is 25.1 Å². The lowest BCUT2D eigenvalue weighted by molar-refractivity contribution is -0.140. The van der Waals surface area contributed by atoms with Gasteiger partial charge in [-0.1, -0.05) is 0 Å². The highest BCUT2D eigenvalue weighted by Gasteiger charge is 2.30. The Labute approximate surface area is 141 Å². The third-order valence-corrected chi connectivity index (χ3v) is 4.62. The van der Waals surface area contributed by atoms with Crippen LogP contribution in [0.25, 0.3) is 0 Å². The Balaban J connectivity index is 1.48. The molecule has 3 rings (SSSR count). The van der Waals surface area contributed by atoms with Crippen LogP contribution in [0, 0.1) is 0 Å². The number of aromatic nitrogens is 2. The fourth-order valence-corrected chi connectivity index (χ4v) is 3.15. The Morgan fingerprint density at radius 3 is 2.75 bits per heavy atom. The number of carbonyl (C=O) groups excluding carboxylic acids is 2. The minimum Gasteiger partial charge on any atom is -0.368 e. The average Bonchev–Trinajstić information content (AvgIpc) is 3.18. The first kappa shape index (κ1) is 16.8. The van der Waals surface area contributed by atoms with Crippen LogP contribution in [0.2, 0.25) is 0 Å². The van der Waals surface area contributed by atoms with E-state index < -0.39 is 0 Å². The van der Waals surface area contributed by atoms with Crippen molar-refractivity contribution in [2.24, 2.45) is 7.05 Å². The zero-order chi connectivity index (χ0) is 16.9. The van der Waals surface area contributed by atoms with Crippen LogP contribution >= 0.6 is 0 Å². The summed E-state index contributed by atoms with van der Waals surface area (Å²) >= 11 is 0. The van der Waals surface area contributed by atoms with E-state index in [4.69, 9.17) is 4.74 Å². The van der Waals surface area contributed by atoms with Crippen molar-refractivity contribution in [3.8, 4) is 0 Å². The van der Waals surface area contributed by atoms with Crippen molar-refractivity contribution in [3.05, 3.63) is 18.2 Å². The van der Waals surface area contributed by atoms with Crippen LogP contribution in [0.5, 0.6) is 0 Å². The molecule has 1 N–H and O–H groups in total. The number of nitrogens with one attached hydrogen (secondary N) is 1. The summed E-state index contributed by atoms with van der Waals surface area (Å²) in [5.74, 6) is 0.885. The molecule has 1 aromatic rings. The van der Waals surface area contributed by atoms with E-state index in [-0.39, 0.29) is 18.0 Å². The van der Waals surface area contributed by atoms with Gasteiger partial charge in [-0.05, 0) is 19.3 Å². The minimum absolute atomic E-state index is 0.0720. The molecule has 0 aliphatic carbocycles. The number of aryl methyl sites for hydroxylation is 1. The van der Waals surface area contributed by atoms with Crippen LogP contribution in [0.3, 0.4) is 0 Å². The van der Waals surface area contributed by atoms with E-state index in [2.05, 4.69) is 10.3 Å². The van der Waals surface area contributed by atoms with Gasteiger partial charge in [-0.25, -0.2) is 9.78 Å². The Hall–Kier alpha value is -2.09. The number of imidazole rings is 1. The van der Waals surface area contributed by atoms with Crippen LogP contribution < -0.4 is 5.32 Å². The predicted octanol–water partition coefficient (Wildman–Crippen LogP) is 0.343. The van der Waals surface area contributed by atoms with Gasteiger partial charge >= 0.3 is 6.03 Å². The van der Waals surface area contributed by atoms with Crippen LogP contribution in [-0.4, -0.2) is 70.2 Å². The van der Waals surface area contributed by atoms with E-state index in [1.54, 1.807) is 11.1 Å². The van der Waals surface area contributed by atoms with Gasteiger partial charge in [0.25, 0.3) is 5.91 Å². The fourth-order valence-electron chi connectivity index (χ4n) is 3.15. The summed E-state index contributed by atoms with van der Waals surface area (Å²) in [6.07, 6.45) is 5.82. The van der Waals surface area contributed by atoms with Crippen molar-refractivity contribution in [1.29, 1.82) is 0 Å². The highest BCUT2D eigenvalue weighted by Crippen LogP contribution is 2.16. The standard InChI is InChI=1S/C16H25N5O3/c1-19-8-5-17-14(19)12-18-16(23)21-7-3-6-20(9-10-21)15(22)13-4-2-11-24-13/h5,8,13H,2-4,6-7,9-12H2,1H3,(H,18,23)/t13-/m1/s1. The number of nitrogens with zero attached hydrogens (tertiary/aromatic N) is 4. The summed E-state index contributed by atoms with van der Waals surface area (Å²) in [7, 11) is 1.90. The van der Waals surface area contributed by atoms with Crippen LogP contribution in [0.1, 0.15) is 25.1 Å². The maximum absolute atomic E-state index is 12.4. The molecule has 2 saturated heterocycles. The normalized spacial score (nSPS) is 21.6. The molecule has 0 bridgehead atoms. The predicted molar refractivity (Wildman–Crippen MR) is 87.2 cm³/mol. The molecule has 132 valence electrons. The second-order valence-electron chi connectivity index (χ2n) is 6.28. The Bertz CT molecular complexity index is 582. The minimum atomic E-state index is -0.284. The van der Waals surface area contributed by atoms with Crippen LogP contribution in [0.4, 0.5) is 4.79 Å². The SMILES string of the molecule is Cn1ccnc1CNC(=O)N1CCCN(C(=O)[C@H]2CCCO2)CC1. The van der Waals surface area contributed by atoms with Gasteiger partial charge in [-0.15, -0.1) is 0 Å². The Morgan fingerprint density at radius 1 is 1.25 bits per heavy atom. The van der Waals surface area contributed by atoms with Crippen LogP contribution in [-0.2, 0) is 23.1 Å². The van der Waals surface area contributed by atoms with Crippen LogP contribution in [0.15, 0.2) is 12.4 Å². The molecule has 8 heteroatoms. The summed E-state index contributed by atoms with van der Waals surface area (Å²) in [5.41, 5.74) is 0.